The van der Waals surface area contributed by atoms with Gasteiger partial charge in [0, 0.05) is 19.4 Å². The van der Waals surface area contributed by atoms with Crippen molar-refractivity contribution in [1.29, 1.82) is 0 Å². The Bertz CT molecular complexity index is 273. The SMILES string of the molecule is CCCOCCC(=O)ON1C(=O)CCC1=O. The standard InChI is InChI=1S/C10H15NO5/c1-2-6-15-7-5-10(14)16-11-8(12)3-4-9(11)13/h2-7H2,1H3. The number of hydrogen-bond acceptors (Lipinski definition) is 5. The third kappa shape index (κ3) is 3.62. The van der Waals surface area contributed by atoms with Gasteiger partial charge in [0.1, 0.15) is 0 Å². The van der Waals surface area contributed by atoms with Crippen molar-refractivity contribution in [3.8, 4) is 0 Å². The predicted octanol–water partition coefficient (Wildman–Crippen LogP) is 0.410. The van der Waals surface area contributed by atoms with E-state index in [4.69, 9.17) is 4.74 Å². The Morgan fingerprint density at radius 2 is 1.88 bits per heavy atom. The van der Waals surface area contributed by atoms with E-state index in [1.165, 1.54) is 0 Å². The van der Waals surface area contributed by atoms with E-state index in [0.717, 1.165) is 6.42 Å². The van der Waals surface area contributed by atoms with Gasteiger partial charge in [0.05, 0.1) is 13.0 Å². The van der Waals surface area contributed by atoms with Gasteiger partial charge in [-0.1, -0.05) is 6.92 Å². The first-order valence-electron chi connectivity index (χ1n) is 5.29. The monoisotopic (exact) mass is 229 g/mol. The lowest BCUT2D eigenvalue weighted by atomic mass is 10.4. The highest BCUT2D eigenvalue weighted by Crippen LogP contribution is 2.12. The van der Waals surface area contributed by atoms with E-state index in [2.05, 4.69) is 4.84 Å². The zero-order valence-corrected chi connectivity index (χ0v) is 9.23. The highest BCUT2D eigenvalue weighted by atomic mass is 16.7. The topological polar surface area (TPSA) is 72.9 Å². The zero-order chi connectivity index (χ0) is 12.0. The lowest BCUT2D eigenvalue weighted by molar-refractivity contribution is -0.198. The van der Waals surface area contributed by atoms with Crippen molar-refractivity contribution < 1.29 is 24.0 Å². The molecule has 1 aliphatic rings. The summed E-state index contributed by atoms with van der Waals surface area (Å²) < 4.78 is 5.08. The molecular formula is C10H15NO5. The molecule has 0 N–H and O–H groups in total. The first-order valence-corrected chi connectivity index (χ1v) is 5.29. The number of rotatable bonds is 6. The largest absolute Gasteiger partial charge is 0.381 e. The van der Waals surface area contributed by atoms with Crippen molar-refractivity contribution in [3.05, 3.63) is 0 Å². The van der Waals surface area contributed by atoms with E-state index in [1.807, 2.05) is 6.92 Å². The maximum atomic E-state index is 11.2. The first-order chi connectivity index (χ1) is 7.65. The van der Waals surface area contributed by atoms with Crippen molar-refractivity contribution in [2.45, 2.75) is 32.6 Å². The van der Waals surface area contributed by atoms with Crippen LogP contribution in [-0.4, -0.2) is 36.1 Å². The minimum Gasteiger partial charge on any atom is -0.381 e. The molecule has 1 fully saturated rings. The third-order valence-electron chi connectivity index (χ3n) is 2.00. The number of imide groups is 1. The molecule has 1 heterocycles. The normalized spacial score (nSPS) is 15.7. The average Bonchev–Trinajstić information content (AvgIpc) is 2.56. The molecule has 0 aromatic heterocycles. The van der Waals surface area contributed by atoms with Gasteiger partial charge >= 0.3 is 5.97 Å². The Labute approximate surface area is 93.4 Å². The van der Waals surface area contributed by atoms with Crippen LogP contribution in [0.15, 0.2) is 0 Å². The molecule has 0 radical (unpaired) electrons. The average molecular weight is 229 g/mol. The van der Waals surface area contributed by atoms with Crippen molar-refractivity contribution in [1.82, 2.24) is 5.06 Å². The maximum absolute atomic E-state index is 11.2. The van der Waals surface area contributed by atoms with E-state index in [-0.39, 0.29) is 25.9 Å². The smallest absolute Gasteiger partial charge is 0.335 e. The molecule has 16 heavy (non-hydrogen) atoms. The van der Waals surface area contributed by atoms with Crippen LogP contribution in [0, 0.1) is 0 Å². The number of carbonyl (C=O) groups excluding carboxylic acids is 3. The number of ether oxygens (including phenoxy) is 1. The van der Waals surface area contributed by atoms with E-state index in [0.29, 0.717) is 11.7 Å². The second-order valence-corrected chi connectivity index (χ2v) is 3.41. The summed E-state index contributed by atoms with van der Waals surface area (Å²) in [4.78, 5) is 38.0. The second-order valence-electron chi connectivity index (χ2n) is 3.41. The number of hydrogen-bond donors (Lipinski definition) is 0. The number of carbonyl (C=O) groups is 3. The number of amides is 2. The summed E-state index contributed by atoms with van der Waals surface area (Å²) in [6.07, 6.45) is 1.13. The molecule has 1 aliphatic heterocycles. The van der Waals surface area contributed by atoms with E-state index in [1.54, 1.807) is 0 Å². The lowest BCUT2D eigenvalue weighted by Gasteiger charge is -2.12. The summed E-state index contributed by atoms with van der Waals surface area (Å²) in [5.41, 5.74) is 0. The highest BCUT2D eigenvalue weighted by molar-refractivity contribution is 6.01. The fraction of sp³-hybridized carbons (Fsp3) is 0.700. The highest BCUT2D eigenvalue weighted by Gasteiger charge is 2.32. The lowest BCUT2D eigenvalue weighted by Crippen LogP contribution is -2.32. The summed E-state index contributed by atoms with van der Waals surface area (Å²) >= 11 is 0. The van der Waals surface area contributed by atoms with Gasteiger partial charge in [-0.05, 0) is 6.42 Å². The van der Waals surface area contributed by atoms with Crippen LogP contribution in [0.1, 0.15) is 32.6 Å². The van der Waals surface area contributed by atoms with Gasteiger partial charge in [-0.2, -0.15) is 0 Å². The van der Waals surface area contributed by atoms with Gasteiger partial charge in [0.2, 0.25) is 0 Å². The fourth-order valence-corrected chi connectivity index (χ4v) is 1.21. The van der Waals surface area contributed by atoms with Crippen LogP contribution in [0.2, 0.25) is 0 Å². The second kappa shape index (κ2) is 6.22. The number of hydroxylamine groups is 2. The van der Waals surface area contributed by atoms with Crippen LogP contribution >= 0.6 is 0 Å². The van der Waals surface area contributed by atoms with Gasteiger partial charge in [-0.15, -0.1) is 5.06 Å². The molecule has 0 bridgehead atoms. The molecule has 2 amide bonds. The van der Waals surface area contributed by atoms with Gasteiger partial charge in [0.25, 0.3) is 11.8 Å². The molecule has 0 aromatic rings. The summed E-state index contributed by atoms with van der Waals surface area (Å²) in [5.74, 6) is -1.56. The molecule has 0 saturated carbocycles. The van der Waals surface area contributed by atoms with Gasteiger partial charge in [-0.3, -0.25) is 9.59 Å². The molecule has 1 saturated heterocycles. The Morgan fingerprint density at radius 3 is 2.44 bits per heavy atom. The molecule has 90 valence electrons. The minimum absolute atomic E-state index is 0.0387. The fourth-order valence-electron chi connectivity index (χ4n) is 1.21. The van der Waals surface area contributed by atoms with E-state index in [9.17, 15) is 14.4 Å². The summed E-state index contributed by atoms with van der Waals surface area (Å²) in [7, 11) is 0. The van der Waals surface area contributed by atoms with E-state index >= 15 is 0 Å². The van der Waals surface area contributed by atoms with Crippen molar-refractivity contribution in [2.75, 3.05) is 13.2 Å². The van der Waals surface area contributed by atoms with Gasteiger partial charge in [0.15, 0.2) is 0 Å². The first kappa shape index (κ1) is 12.6. The summed E-state index contributed by atoms with van der Waals surface area (Å²) in [6, 6.07) is 0. The van der Waals surface area contributed by atoms with Crippen molar-refractivity contribution in [2.24, 2.45) is 0 Å². The zero-order valence-electron chi connectivity index (χ0n) is 9.23. The van der Waals surface area contributed by atoms with Crippen LogP contribution in [0.3, 0.4) is 0 Å². The quantitative estimate of drug-likeness (QED) is 0.487. The van der Waals surface area contributed by atoms with Gasteiger partial charge in [-0.25, -0.2) is 4.79 Å². The molecule has 6 heteroatoms. The Kier molecular flexibility index (Phi) is 4.91. The maximum Gasteiger partial charge on any atom is 0.335 e. The molecule has 6 nitrogen and oxygen atoms in total. The molecule has 0 spiro atoms. The van der Waals surface area contributed by atoms with E-state index < -0.39 is 17.8 Å². The number of nitrogens with zero attached hydrogens (tertiary/aromatic N) is 1. The predicted molar refractivity (Wildman–Crippen MR) is 52.9 cm³/mol. The Morgan fingerprint density at radius 1 is 1.25 bits per heavy atom. The Balaban J connectivity index is 2.23. The van der Waals surface area contributed by atoms with Crippen molar-refractivity contribution >= 4 is 17.8 Å². The van der Waals surface area contributed by atoms with Crippen molar-refractivity contribution in [3.63, 3.8) is 0 Å². The molecule has 0 aliphatic carbocycles. The summed E-state index contributed by atoms with van der Waals surface area (Å²) in [5, 5.41) is 0.544. The molecule has 0 atom stereocenters. The minimum atomic E-state index is -0.625. The van der Waals surface area contributed by atoms with Crippen LogP contribution in [0.5, 0.6) is 0 Å². The Hall–Kier alpha value is -1.43. The van der Waals surface area contributed by atoms with Crippen LogP contribution in [0.4, 0.5) is 0 Å². The van der Waals surface area contributed by atoms with Crippen LogP contribution in [0.25, 0.3) is 0 Å². The molecular weight excluding hydrogens is 214 g/mol. The molecule has 1 rings (SSSR count). The van der Waals surface area contributed by atoms with Crippen LogP contribution < -0.4 is 0 Å². The summed E-state index contributed by atoms with van der Waals surface area (Å²) in [6.45, 7) is 2.78. The molecule has 0 aromatic carbocycles. The van der Waals surface area contributed by atoms with Crippen LogP contribution in [-0.2, 0) is 24.0 Å². The molecule has 0 unspecified atom stereocenters. The van der Waals surface area contributed by atoms with Gasteiger partial charge < -0.3 is 9.57 Å². The third-order valence-corrected chi connectivity index (χ3v) is 2.00.